The van der Waals surface area contributed by atoms with Crippen LogP contribution in [0.1, 0.15) is 50.3 Å². The summed E-state index contributed by atoms with van der Waals surface area (Å²) in [4.78, 5) is 28.7. The van der Waals surface area contributed by atoms with Gasteiger partial charge < -0.3 is 20.1 Å². The first kappa shape index (κ1) is 18.4. The first-order valence-corrected chi connectivity index (χ1v) is 8.59. The van der Waals surface area contributed by atoms with E-state index in [-0.39, 0.29) is 25.5 Å². The lowest BCUT2D eigenvalue weighted by atomic mass is 9.81. The molecule has 1 heterocycles. The van der Waals surface area contributed by atoms with E-state index < -0.39 is 17.3 Å². The van der Waals surface area contributed by atoms with E-state index in [0.717, 1.165) is 30.1 Å². The maximum atomic E-state index is 12.6. The van der Waals surface area contributed by atoms with Crippen molar-refractivity contribution in [2.24, 2.45) is 5.41 Å². The summed E-state index contributed by atoms with van der Waals surface area (Å²) in [7, 11) is 0. The molecule has 0 radical (unpaired) electrons. The predicted molar refractivity (Wildman–Crippen MR) is 88.7 cm³/mol. The molecule has 1 unspecified atom stereocenters. The van der Waals surface area contributed by atoms with Gasteiger partial charge in [0.1, 0.15) is 11.2 Å². The lowest BCUT2D eigenvalue weighted by Crippen LogP contribution is -2.50. The molecule has 1 aliphatic carbocycles. The Balaban J connectivity index is 2.12. The van der Waals surface area contributed by atoms with Crippen molar-refractivity contribution in [2.75, 3.05) is 6.61 Å². The van der Waals surface area contributed by atoms with E-state index in [1.807, 2.05) is 11.5 Å². The van der Waals surface area contributed by atoms with Crippen LogP contribution in [-0.2, 0) is 29.0 Å². The van der Waals surface area contributed by atoms with E-state index >= 15 is 0 Å². The zero-order valence-electron chi connectivity index (χ0n) is 14.6. The first-order valence-electron chi connectivity index (χ1n) is 8.59. The molecule has 7 nitrogen and oxygen atoms in total. The number of aryl methyl sites for hydroxylation is 1. The van der Waals surface area contributed by atoms with E-state index in [2.05, 4.69) is 10.3 Å². The van der Waals surface area contributed by atoms with Crippen molar-refractivity contribution in [3.63, 3.8) is 0 Å². The third-order valence-electron chi connectivity index (χ3n) is 5.23. The average molecular weight is 337 g/mol. The van der Waals surface area contributed by atoms with Gasteiger partial charge in [-0.15, -0.1) is 0 Å². The zero-order chi connectivity index (χ0) is 17.9. The van der Waals surface area contributed by atoms with Gasteiger partial charge >= 0.3 is 5.97 Å². The van der Waals surface area contributed by atoms with E-state index in [0.29, 0.717) is 13.0 Å². The molecule has 1 aromatic heterocycles. The molecule has 0 bridgehead atoms. The van der Waals surface area contributed by atoms with Crippen molar-refractivity contribution in [3.8, 4) is 0 Å². The molecule has 0 aromatic carbocycles. The third kappa shape index (κ3) is 3.17. The highest BCUT2D eigenvalue weighted by Gasteiger charge is 2.43. The summed E-state index contributed by atoms with van der Waals surface area (Å²) in [5.41, 5.74) is 0.695. The number of aromatic nitrogens is 2. The van der Waals surface area contributed by atoms with E-state index in [9.17, 15) is 14.7 Å². The fraction of sp³-hybridized carbons (Fsp3) is 0.706. The molecule has 2 rings (SSSR count). The second kappa shape index (κ2) is 7.34. The summed E-state index contributed by atoms with van der Waals surface area (Å²) >= 11 is 0. The quantitative estimate of drug-likeness (QED) is 0.645. The van der Waals surface area contributed by atoms with E-state index in [1.54, 1.807) is 13.8 Å². The number of aliphatic carboxylic acids is 1. The molecule has 1 aliphatic rings. The summed E-state index contributed by atoms with van der Waals surface area (Å²) < 4.78 is 2.02. The molecule has 1 atom stereocenters. The number of carbonyl (C=O) groups is 2. The van der Waals surface area contributed by atoms with Crippen LogP contribution in [0, 0.1) is 12.3 Å². The number of nitrogens with one attached hydrogen (secondary N) is 1. The van der Waals surface area contributed by atoms with Crippen LogP contribution in [-0.4, -0.2) is 44.3 Å². The Bertz CT molecular complexity index is 620. The third-order valence-corrected chi connectivity index (χ3v) is 5.23. The van der Waals surface area contributed by atoms with Gasteiger partial charge in [-0.3, -0.25) is 9.59 Å². The SMILES string of the molecule is CCC(CC)(C(=O)O)C(=O)NC1CCc2c(nc(C)n2CCO)C1. The number of fused-ring (bicyclic) bond motifs is 1. The van der Waals surface area contributed by atoms with Crippen LogP contribution < -0.4 is 5.32 Å². The van der Waals surface area contributed by atoms with Crippen LogP contribution in [0.25, 0.3) is 0 Å². The summed E-state index contributed by atoms with van der Waals surface area (Å²) in [6.07, 6.45) is 2.65. The van der Waals surface area contributed by atoms with Crippen LogP contribution in [0.4, 0.5) is 0 Å². The second-order valence-corrected chi connectivity index (χ2v) is 6.44. The van der Waals surface area contributed by atoms with Gasteiger partial charge in [-0.2, -0.15) is 0 Å². The average Bonchev–Trinajstić information content (AvgIpc) is 2.84. The van der Waals surface area contributed by atoms with Crippen LogP contribution in [0.2, 0.25) is 0 Å². The molecule has 0 fully saturated rings. The van der Waals surface area contributed by atoms with Crippen molar-refractivity contribution < 1.29 is 19.8 Å². The normalized spacial score (nSPS) is 17.4. The van der Waals surface area contributed by atoms with Crippen molar-refractivity contribution in [3.05, 3.63) is 17.2 Å². The molecule has 3 N–H and O–H groups in total. The highest BCUT2D eigenvalue weighted by Crippen LogP contribution is 2.29. The van der Waals surface area contributed by atoms with E-state index in [4.69, 9.17) is 5.11 Å². The number of rotatable bonds is 7. The van der Waals surface area contributed by atoms with Gasteiger partial charge in [0.25, 0.3) is 0 Å². The van der Waals surface area contributed by atoms with Gasteiger partial charge in [-0.25, -0.2) is 4.98 Å². The monoisotopic (exact) mass is 337 g/mol. The Morgan fingerprint density at radius 2 is 2.04 bits per heavy atom. The minimum Gasteiger partial charge on any atom is -0.480 e. The van der Waals surface area contributed by atoms with Gasteiger partial charge in [0, 0.05) is 24.7 Å². The molecule has 0 saturated carbocycles. The molecule has 1 amide bonds. The zero-order valence-corrected chi connectivity index (χ0v) is 14.6. The molecule has 0 aliphatic heterocycles. The predicted octanol–water partition coefficient (Wildman–Crippen LogP) is 1.05. The maximum Gasteiger partial charge on any atom is 0.319 e. The summed E-state index contributed by atoms with van der Waals surface area (Å²) in [5.74, 6) is -0.604. The molecular formula is C17H27N3O4. The topological polar surface area (TPSA) is 104 Å². The van der Waals surface area contributed by atoms with Crippen LogP contribution in [0.3, 0.4) is 0 Å². The number of carbonyl (C=O) groups excluding carboxylic acids is 1. The van der Waals surface area contributed by atoms with Crippen molar-refractivity contribution in [2.45, 2.75) is 65.5 Å². The van der Waals surface area contributed by atoms with Gasteiger partial charge in [0.15, 0.2) is 0 Å². The standard InChI is InChI=1S/C17H27N3O4/c1-4-17(5-2,16(23)24)15(22)19-12-6-7-14-13(10-12)18-11(3)20(14)8-9-21/h12,21H,4-10H2,1-3H3,(H,19,22)(H,23,24). The lowest BCUT2D eigenvalue weighted by molar-refractivity contribution is -0.156. The molecule has 0 saturated heterocycles. The van der Waals surface area contributed by atoms with E-state index in [1.165, 1.54) is 0 Å². The van der Waals surface area contributed by atoms with Crippen LogP contribution in [0.5, 0.6) is 0 Å². The second-order valence-electron chi connectivity index (χ2n) is 6.44. The number of carboxylic acids is 1. The minimum absolute atomic E-state index is 0.0674. The minimum atomic E-state index is -1.35. The maximum absolute atomic E-state index is 12.6. The van der Waals surface area contributed by atoms with Gasteiger partial charge in [-0.1, -0.05) is 13.8 Å². The number of imidazole rings is 1. The fourth-order valence-electron chi connectivity index (χ4n) is 3.57. The van der Waals surface area contributed by atoms with Crippen molar-refractivity contribution in [1.82, 2.24) is 14.9 Å². The molecule has 1 aromatic rings. The molecular weight excluding hydrogens is 310 g/mol. The number of aliphatic hydroxyl groups is 1. The highest BCUT2D eigenvalue weighted by atomic mass is 16.4. The molecule has 7 heteroatoms. The molecule has 24 heavy (non-hydrogen) atoms. The number of hydrogen-bond acceptors (Lipinski definition) is 4. The van der Waals surface area contributed by atoms with Gasteiger partial charge in [0.05, 0.1) is 12.3 Å². The first-order chi connectivity index (χ1) is 11.4. The number of hydrogen-bond donors (Lipinski definition) is 3. The number of carboxylic acid groups (broad SMARTS) is 1. The Kier molecular flexibility index (Phi) is 5.64. The van der Waals surface area contributed by atoms with Crippen molar-refractivity contribution in [1.29, 1.82) is 0 Å². The number of aliphatic hydroxyl groups excluding tert-OH is 1. The summed E-state index contributed by atoms with van der Waals surface area (Å²) in [6.45, 7) is 5.97. The van der Waals surface area contributed by atoms with Gasteiger partial charge in [0.2, 0.25) is 5.91 Å². The fourth-order valence-corrected chi connectivity index (χ4v) is 3.57. The number of amides is 1. The Hall–Kier alpha value is -1.89. The summed E-state index contributed by atoms with van der Waals surface area (Å²) in [5, 5.41) is 21.6. The van der Waals surface area contributed by atoms with Gasteiger partial charge in [-0.05, 0) is 32.6 Å². The Morgan fingerprint density at radius 3 is 2.58 bits per heavy atom. The Morgan fingerprint density at radius 1 is 1.38 bits per heavy atom. The lowest BCUT2D eigenvalue weighted by Gasteiger charge is -2.30. The highest BCUT2D eigenvalue weighted by molar-refractivity contribution is 6.01. The summed E-state index contributed by atoms with van der Waals surface area (Å²) in [6, 6.07) is -0.0984. The molecule has 0 spiro atoms. The number of nitrogens with zero attached hydrogens (tertiary/aromatic N) is 2. The Labute approximate surface area is 142 Å². The largest absolute Gasteiger partial charge is 0.480 e. The van der Waals surface area contributed by atoms with Crippen LogP contribution >= 0.6 is 0 Å². The van der Waals surface area contributed by atoms with Crippen molar-refractivity contribution >= 4 is 11.9 Å². The smallest absolute Gasteiger partial charge is 0.319 e. The molecule has 134 valence electrons. The van der Waals surface area contributed by atoms with Crippen LogP contribution in [0.15, 0.2) is 0 Å².